The molecular formula is C28H24N6O4. The van der Waals surface area contributed by atoms with Gasteiger partial charge < -0.3 is 24.4 Å². The molecule has 6 rings (SSSR count). The number of pyridine rings is 3. The molecule has 1 aromatic carbocycles. The van der Waals surface area contributed by atoms with Crippen molar-refractivity contribution >= 4 is 22.8 Å². The normalized spacial score (nSPS) is 14.4. The van der Waals surface area contributed by atoms with E-state index in [4.69, 9.17) is 9.15 Å². The topological polar surface area (TPSA) is 126 Å². The summed E-state index contributed by atoms with van der Waals surface area (Å²) in [6, 6.07) is 15.4. The molecule has 1 atom stereocenters. The maximum atomic E-state index is 13.9. The van der Waals surface area contributed by atoms with Crippen LogP contribution in [0.1, 0.15) is 27.5 Å². The van der Waals surface area contributed by atoms with E-state index in [0.717, 1.165) is 24.5 Å². The van der Waals surface area contributed by atoms with Crippen LogP contribution in [0, 0.1) is 0 Å². The van der Waals surface area contributed by atoms with Crippen molar-refractivity contribution in [2.45, 2.75) is 6.04 Å². The van der Waals surface area contributed by atoms with Crippen molar-refractivity contribution in [2.24, 2.45) is 0 Å². The number of aromatic nitrogens is 4. The minimum absolute atomic E-state index is 0.219. The molecule has 2 N–H and O–H groups in total. The Morgan fingerprint density at radius 2 is 1.82 bits per heavy atom. The predicted octanol–water partition coefficient (Wildman–Crippen LogP) is 3.33. The molecule has 1 aliphatic heterocycles. The fraction of sp³-hybridized carbons (Fsp3) is 0.179. The second-order valence-electron chi connectivity index (χ2n) is 8.80. The second-order valence-corrected chi connectivity index (χ2v) is 8.80. The van der Waals surface area contributed by atoms with E-state index in [1.807, 2.05) is 36.4 Å². The molecule has 4 aromatic heterocycles. The zero-order valence-corrected chi connectivity index (χ0v) is 20.3. The lowest BCUT2D eigenvalue weighted by atomic mass is 9.95. The van der Waals surface area contributed by atoms with Crippen LogP contribution in [0.15, 0.2) is 88.7 Å². The highest BCUT2D eigenvalue weighted by molar-refractivity contribution is 5.95. The number of hydrogen-bond acceptors (Lipinski definition) is 8. The van der Waals surface area contributed by atoms with E-state index in [1.54, 1.807) is 30.6 Å². The zero-order chi connectivity index (χ0) is 25.9. The van der Waals surface area contributed by atoms with Gasteiger partial charge in [0.1, 0.15) is 23.4 Å². The molecule has 1 amide bonds. The number of anilines is 1. The second kappa shape index (κ2) is 10.3. The maximum absolute atomic E-state index is 13.9. The third kappa shape index (κ3) is 4.53. The van der Waals surface area contributed by atoms with E-state index >= 15 is 0 Å². The average Bonchev–Trinajstić information content (AvgIpc) is 3.52. The molecule has 0 aliphatic carbocycles. The van der Waals surface area contributed by atoms with Gasteiger partial charge in [-0.25, -0.2) is 15.0 Å². The lowest BCUT2D eigenvalue weighted by Gasteiger charge is -2.27. The van der Waals surface area contributed by atoms with Crippen molar-refractivity contribution in [1.29, 1.82) is 0 Å². The van der Waals surface area contributed by atoms with Gasteiger partial charge in [-0.3, -0.25) is 9.59 Å². The Kier molecular flexibility index (Phi) is 6.37. The summed E-state index contributed by atoms with van der Waals surface area (Å²) in [6.07, 6.45) is 6.07. The number of aromatic amines is 1. The molecule has 190 valence electrons. The van der Waals surface area contributed by atoms with Crippen LogP contribution in [0.4, 0.5) is 5.82 Å². The van der Waals surface area contributed by atoms with Crippen LogP contribution in [0.3, 0.4) is 0 Å². The van der Waals surface area contributed by atoms with E-state index in [-0.39, 0.29) is 17.2 Å². The summed E-state index contributed by atoms with van der Waals surface area (Å²) in [5, 5.41) is 3.44. The Bertz CT molecular complexity index is 1610. The lowest BCUT2D eigenvalue weighted by molar-refractivity contribution is 0.0942. The number of ether oxygens (including phenoxy) is 1. The van der Waals surface area contributed by atoms with Crippen LogP contribution in [-0.4, -0.2) is 52.1 Å². The van der Waals surface area contributed by atoms with E-state index in [0.29, 0.717) is 41.1 Å². The number of oxazole rings is 1. The summed E-state index contributed by atoms with van der Waals surface area (Å²) in [6.45, 7) is 2.78. The minimum atomic E-state index is -0.808. The molecule has 0 radical (unpaired) electrons. The molecular weight excluding hydrogens is 484 g/mol. The molecule has 5 heterocycles. The number of carbonyl (C=O) groups is 1. The highest BCUT2D eigenvalue weighted by atomic mass is 16.5. The predicted molar refractivity (Wildman–Crippen MR) is 141 cm³/mol. The smallest absolute Gasteiger partial charge is 0.253 e. The largest absolute Gasteiger partial charge is 0.443 e. The van der Waals surface area contributed by atoms with Crippen LogP contribution in [0.5, 0.6) is 0 Å². The Morgan fingerprint density at radius 3 is 2.55 bits per heavy atom. The van der Waals surface area contributed by atoms with Crippen LogP contribution < -0.4 is 15.6 Å². The molecule has 38 heavy (non-hydrogen) atoms. The third-order valence-electron chi connectivity index (χ3n) is 6.50. The first-order valence-corrected chi connectivity index (χ1v) is 12.2. The van der Waals surface area contributed by atoms with Gasteiger partial charge >= 0.3 is 0 Å². The highest BCUT2D eigenvalue weighted by Gasteiger charge is 2.28. The fourth-order valence-electron chi connectivity index (χ4n) is 4.61. The van der Waals surface area contributed by atoms with Crippen molar-refractivity contribution in [1.82, 2.24) is 25.3 Å². The number of amides is 1. The van der Waals surface area contributed by atoms with Crippen molar-refractivity contribution in [3.05, 3.63) is 106 Å². The third-order valence-corrected chi connectivity index (χ3v) is 6.50. The van der Waals surface area contributed by atoms with Gasteiger partial charge in [-0.1, -0.05) is 30.3 Å². The van der Waals surface area contributed by atoms with Gasteiger partial charge in [0, 0.05) is 25.5 Å². The van der Waals surface area contributed by atoms with Crippen LogP contribution in [-0.2, 0) is 4.74 Å². The van der Waals surface area contributed by atoms with Gasteiger partial charge in [0.2, 0.25) is 5.89 Å². The summed E-state index contributed by atoms with van der Waals surface area (Å²) in [5.74, 6) is 0.634. The van der Waals surface area contributed by atoms with Crippen molar-refractivity contribution in [2.75, 3.05) is 31.2 Å². The summed E-state index contributed by atoms with van der Waals surface area (Å²) in [4.78, 5) is 45.8. The zero-order valence-electron chi connectivity index (χ0n) is 20.3. The Hall–Kier alpha value is -4.83. The molecule has 1 saturated heterocycles. The van der Waals surface area contributed by atoms with Crippen molar-refractivity contribution in [3.63, 3.8) is 0 Å². The van der Waals surface area contributed by atoms with Gasteiger partial charge in [0.25, 0.3) is 5.91 Å². The van der Waals surface area contributed by atoms with Crippen LogP contribution in [0.2, 0.25) is 0 Å². The summed E-state index contributed by atoms with van der Waals surface area (Å²) >= 11 is 0. The first kappa shape index (κ1) is 23.6. The number of hydrogen-bond donors (Lipinski definition) is 2. The van der Waals surface area contributed by atoms with Crippen molar-refractivity contribution in [3.8, 4) is 11.6 Å². The SMILES string of the molecule is O=C(NC(c1ccccc1)c1c(-c2ncco2)[nH]c2ncccc2c1=O)c1ccc(N2CCOCC2)nc1. The van der Waals surface area contributed by atoms with Gasteiger partial charge in [-0.05, 0) is 29.8 Å². The molecule has 0 bridgehead atoms. The molecule has 0 saturated carbocycles. The summed E-state index contributed by atoms with van der Waals surface area (Å²) < 4.78 is 11.0. The molecule has 1 fully saturated rings. The minimum Gasteiger partial charge on any atom is -0.443 e. The van der Waals surface area contributed by atoms with Gasteiger partial charge in [0.05, 0.1) is 42.0 Å². The Labute approximate surface area is 217 Å². The molecule has 5 aromatic rings. The average molecular weight is 509 g/mol. The number of carbonyl (C=O) groups excluding carboxylic acids is 1. The lowest BCUT2D eigenvalue weighted by Crippen LogP contribution is -2.37. The first-order chi connectivity index (χ1) is 18.7. The molecule has 0 spiro atoms. The number of fused-ring (bicyclic) bond motifs is 1. The number of benzene rings is 1. The molecule has 1 aliphatic rings. The summed E-state index contributed by atoms with van der Waals surface area (Å²) in [5.41, 5.74) is 1.86. The number of H-pyrrole nitrogens is 1. The number of morpholine rings is 1. The molecule has 10 nitrogen and oxygen atoms in total. The Balaban J connectivity index is 1.42. The van der Waals surface area contributed by atoms with Gasteiger partial charge in [-0.15, -0.1) is 0 Å². The van der Waals surface area contributed by atoms with E-state index < -0.39 is 6.04 Å². The number of nitrogens with one attached hydrogen (secondary N) is 2. The quantitative estimate of drug-likeness (QED) is 0.358. The van der Waals surface area contributed by atoms with E-state index in [1.165, 1.54) is 12.5 Å². The van der Waals surface area contributed by atoms with E-state index in [2.05, 4.69) is 30.2 Å². The van der Waals surface area contributed by atoms with E-state index in [9.17, 15) is 9.59 Å². The number of nitrogens with zero attached hydrogens (tertiary/aromatic N) is 4. The van der Waals surface area contributed by atoms with Gasteiger partial charge in [0.15, 0.2) is 5.43 Å². The first-order valence-electron chi connectivity index (χ1n) is 12.2. The molecule has 1 unspecified atom stereocenters. The highest BCUT2D eigenvalue weighted by Crippen LogP contribution is 2.29. The standard InChI is InChI=1S/C28H24N6O4/c35-25-20-7-4-10-29-26(20)32-24(28-30-11-14-38-28)22(25)23(18-5-2-1-3-6-18)33-27(36)19-8-9-21(31-17-19)34-12-15-37-16-13-34/h1-11,14,17,23H,12-13,15-16H2,(H,33,36)(H,29,32,35). The van der Waals surface area contributed by atoms with Crippen LogP contribution >= 0.6 is 0 Å². The van der Waals surface area contributed by atoms with Gasteiger partial charge in [-0.2, -0.15) is 0 Å². The Morgan fingerprint density at radius 1 is 0.974 bits per heavy atom. The monoisotopic (exact) mass is 508 g/mol. The van der Waals surface area contributed by atoms with Crippen molar-refractivity contribution < 1.29 is 13.9 Å². The number of rotatable bonds is 6. The van der Waals surface area contributed by atoms with Crippen LogP contribution in [0.25, 0.3) is 22.6 Å². The molecule has 10 heteroatoms. The maximum Gasteiger partial charge on any atom is 0.253 e. The fourth-order valence-corrected chi connectivity index (χ4v) is 4.61. The summed E-state index contributed by atoms with van der Waals surface area (Å²) in [7, 11) is 0.